The van der Waals surface area contributed by atoms with Crippen molar-refractivity contribution in [2.45, 2.75) is 19.8 Å². The molecule has 1 fully saturated rings. The fraction of sp³-hybridized carbons (Fsp3) is 0.500. The third-order valence-corrected chi connectivity index (χ3v) is 3.58. The van der Waals surface area contributed by atoms with Crippen LogP contribution in [0.5, 0.6) is 5.75 Å². The van der Waals surface area contributed by atoms with Gasteiger partial charge in [0.15, 0.2) is 0 Å². The number of rotatable bonds is 3. The molecule has 1 atom stereocenters. The Labute approximate surface area is 112 Å². The Morgan fingerprint density at radius 1 is 1.58 bits per heavy atom. The minimum absolute atomic E-state index is 0.0191. The largest absolute Gasteiger partial charge is 0.507 e. The zero-order valence-corrected chi connectivity index (χ0v) is 11.0. The van der Waals surface area contributed by atoms with Gasteiger partial charge in [-0.1, -0.05) is 13.0 Å². The van der Waals surface area contributed by atoms with Crippen LogP contribution in [0.15, 0.2) is 18.2 Å². The first-order valence-electron chi connectivity index (χ1n) is 6.48. The lowest BCUT2D eigenvalue weighted by Gasteiger charge is -2.34. The number of piperidine rings is 1. The van der Waals surface area contributed by atoms with E-state index >= 15 is 0 Å². The molecule has 104 valence electrons. The molecular formula is C14H19FN2O2. The van der Waals surface area contributed by atoms with E-state index in [1.807, 2.05) is 0 Å². The summed E-state index contributed by atoms with van der Waals surface area (Å²) < 4.78 is 13.5. The summed E-state index contributed by atoms with van der Waals surface area (Å²) in [5.74, 6) is -1.60. The molecule has 1 aromatic rings. The van der Waals surface area contributed by atoms with Crippen LogP contribution in [0.3, 0.4) is 0 Å². The molecule has 0 aromatic heterocycles. The van der Waals surface area contributed by atoms with Crippen molar-refractivity contribution in [1.82, 2.24) is 10.6 Å². The molecule has 1 aliphatic heterocycles. The Morgan fingerprint density at radius 2 is 2.37 bits per heavy atom. The summed E-state index contributed by atoms with van der Waals surface area (Å²) in [6, 6.07) is 3.84. The molecule has 0 spiro atoms. The SMILES string of the molecule is CC1(CNC(=O)c2c(O)cccc2F)CCCNC1. The van der Waals surface area contributed by atoms with Crippen LogP contribution in [0.4, 0.5) is 4.39 Å². The number of phenols is 1. The van der Waals surface area contributed by atoms with Gasteiger partial charge in [-0.3, -0.25) is 4.79 Å². The van der Waals surface area contributed by atoms with E-state index in [1.165, 1.54) is 18.2 Å². The molecule has 1 aliphatic rings. The maximum absolute atomic E-state index is 13.5. The van der Waals surface area contributed by atoms with Crippen LogP contribution in [-0.2, 0) is 0 Å². The topological polar surface area (TPSA) is 61.4 Å². The zero-order chi connectivity index (χ0) is 13.9. The average Bonchev–Trinajstić information content (AvgIpc) is 2.37. The van der Waals surface area contributed by atoms with Gasteiger partial charge < -0.3 is 15.7 Å². The van der Waals surface area contributed by atoms with E-state index in [4.69, 9.17) is 0 Å². The Balaban J connectivity index is 2.01. The highest BCUT2D eigenvalue weighted by molar-refractivity contribution is 5.97. The maximum atomic E-state index is 13.5. The fourth-order valence-electron chi connectivity index (χ4n) is 2.39. The van der Waals surface area contributed by atoms with Crippen molar-refractivity contribution >= 4 is 5.91 Å². The van der Waals surface area contributed by atoms with Crippen LogP contribution in [0.25, 0.3) is 0 Å². The quantitative estimate of drug-likeness (QED) is 0.779. The lowest BCUT2D eigenvalue weighted by molar-refractivity contribution is 0.0917. The fourth-order valence-corrected chi connectivity index (χ4v) is 2.39. The summed E-state index contributed by atoms with van der Waals surface area (Å²) in [6.45, 7) is 4.38. The number of benzene rings is 1. The number of amides is 1. The maximum Gasteiger partial charge on any atom is 0.258 e. The number of hydrogen-bond donors (Lipinski definition) is 3. The van der Waals surface area contributed by atoms with E-state index in [1.54, 1.807) is 0 Å². The number of carbonyl (C=O) groups is 1. The van der Waals surface area contributed by atoms with Gasteiger partial charge in [-0.2, -0.15) is 0 Å². The number of nitrogens with one attached hydrogen (secondary N) is 2. The molecule has 19 heavy (non-hydrogen) atoms. The summed E-state index contributed by atoms with van der Waals surface area (Å²) in [5.41, 5.74) is -0.302. The van der Waals surface area contributed by atoms with Crippen molar-refractivity contribution in [3.05, 3.63) is 29.6 Å². The summed E-state index contributed by atoms with van der Waals surface area (Å²) in [7, 11) is 0. The van der Waals surface area contributed by atoms with E-state index in [0.29, 0.717) is 6.54 Å². The van der Waals surface area contributed by atoms with Gasteiger partial charge in [-0.25, -0.2) is 4.39 Å². The van der Waals surface area contributed by atoms with Crippen LogP contribution in [0, 0.1) is 11.2 Å². The number of carbonyl (C=O) groups excluding carboxylic acids is 1. The molecular weight excluding hydrogens is 247 g/mol. The van der Waals surface area contributed by atoms with Gasteiger partial charge in [0.1, 0.15) is 17.1 Å². The van der Waals surface area contributed by atoms with Crippen LogP contribution in [0.1, 0.15) is 30.1 Å². The predicted molar refractivity (Wildman–Crippen MR) is 70.6 cm³/mol. The van der Waals surface area contributed by atoms with Crippen LogP contribution in [0.2, 0.25) is 0 Å². The van der Waals surface area contributed by atoms with E-state index in [-0.39, 0.29) is 16.7 Å². The molecule has 0 aliphatic carbocycles. The van der Waals surface area contributed by atoms with E-state index in [2.05, 4.69) is 17.6 Å². The van der Waals surface area contributed by atoms with Crippen molar-refractivity contribution in [2.75, 3.05) is 19.6 Å². The van der Waals surface area contributed by atoms with Crippen LogP contribution in [-0.4, -0.2) is 30.6 Å². The van der Waals surface area contributed by atoms with Gasteiger partial charge >= 0.3 is 0 Å². The van der Waals surface area contributed by atoms with Crippen LogP contribution >= 0.6 is 0 Å². The highest BCUT2D eigenvalue weighted by Gasteiger charge is 2.28. The van der Waals surface area contributed by atoms with Gasteiger partial charge in [-0.05, 0) is 36.9 Å². The standard InChI is InChI=1S/C14H19FN2O2/c1-14(6-3-7-16-8-14)9-17-13(19)12-10(15)4-2-5-11(12)18/h2,4-5,16,18H,3,6-9H2,1H3,(H,17,19). The van der Waals surface area contributed by atoms with Gasteiger partial charge in [0.05, 0.1) is 0 Å². The molecule has 1 heterocycles. The van der Waals surface area contributed by atoms with Crippen molar-refractivity contribution in [3.63, 3.8) is 0 Å². The normalized spacial score (nSPS) is 23.1. The van der Waals surface area contributed by atoms with E-state index < -0.39 is 11.7 Å². The highest BCUT2D eigenvalue weighted by Crippen LogP contribution is 2.25. The lowest BCUT2D eigenvalue weighted by Crippen LogP contribution is -2.45. The summed E-state index contributed by atoms with van der Waals surface area (Å²) in [6.07, 6.45) is 2.08. The van der Waals surface area contributed by atoms with E-state index in [0.717, 1.165) is 25.9 Å². The second kappa shape index (κ2) is 5.57. The van der Waals surface area contributed by atoms with Gasteiger partial charge in [0.25, 0.3) is 5.91 Å². The predicted octanol–water partition coefficient (Wildman–Crippen LogP) is 1.65. The molecule has 0 bridgehead atoms. The van der Waals surface area contributed by atoms with Crippen molar-refractivity contribution < 1.29 is 14.3 Å². The van der Waals surface area contributed by atoms with Crippen molar-refractivity contribution in [3.8, 4) is 5.75 Å². The number of phenolic OH excluding ortho intramolecular Hbond substituents is 1. The zero-order valence-electron chi connectivity index (χ0n) is 11.0. The second-order valence-electron chi connectivity index (χ2n) is 5.41. The van der Waals surface area contributed by atoms with Crippen molar-refractivity contribution in [2.24, 2.45) is 5.41 Å². The summed E-state index contributed by atoms with van der Waals surface area (Å²) in [5, 5.41) is 15.5. The van der Waals surface area contributed by atoms with Gasteiger partial charge in [-0.15, -0.1) is 0 Å². The molecule has 4 nitrogen and oxygen atoms in total. The monoisotopic (exact) mass is 266 g/mol. The molecule has 0 radical (unpaired) electrons. The number of hydrogen-bond acceptors (Lipinski definition) is 3. The molecule has 1 unspecified atom stereocenters. The molecule has 3 N–H and O–H groups in total. The highest BCUT2D eigenvalue weighted by atomic mass is 19.1. The minimum Gasteiger partial charge on any atom is -0.507 e. The third-order valence-electron chi connectivity index (χ3n) is 3.58. The average molecular weight is 266 g/mol. The van der Waals surface area contributed by atoms with Crippen LogP contribution < -0.4 is 10.6 Å². The first-order valence-corrected chi connectivity index (χ1v) is 6.48. The first kappa shape index (κ1) is 13.8. The molecule has 2 rings (SSSR count). The molecule has 0 saturated carbocycles. The number of aromatic hydroxyl groups is 1. The smallest absolute Gasteiger partial charge is 0.258 e. The Kier molecular flexibility index (Phi) is 4.04. The number of halogens is 1. The Hall–Kier alpha value is -1.62. The van der Waals surface area contributed by atoms with Gasteiger partial charge in [0.2, 0.25) is 0 Å². The first-order chi connectivity index (χ1) is 9.02. The lowest BCUT2D eigenvalue weighted by atomic mass is 9.83. The second-order valence-corrected chi connectivity index (χ2v) is 5.41. The third kappa shape index (κ3) is 3.23. The minimum atomic E-state index is -0.704. The summed E-state index contributed by atoms with van der Waals surface area (Å²) >= 11 is 0. The van der Waals surface area contributed by atoms with Gasteiger partial charge in [0, 0.05) is 13.1 Å². The molecule has 5 heteroatoms. The summed E-state index contributed by atoms with van der Waals surface area (Å²) in [4.78, 5) is 11.9. The Morgan fingerprint density at radius 3 is 3.00 bits per heavy atom. The Bertz CT molecular complexity index is 450. The molecule has 1 amide bonds. The van der Waals surface area contributed by atoms with E-state index in [9.17, 15) is 14.3 Å². The molecule has 1 saturated heterocycles. The van der Waals surface area contributed by atoms with Crippen molar-refractivity contribution in [1.29, 1.82) is 0 Å². The molecule has 1 aromatic carbocycles.